The number of aryl methyl sites for hydroxylation is 1. The molecular weight excluding hydrogens is 280 g/mol. The van der Waals surface area contributed by atoms with Crippen molar-refractivity contribution in [3.05, 3.63) is 66.9 Å². The molecule has 0 atom stereocenters. The zero-order valence-electron chi connectivity index (χ0n) is 11.1. The number of aromatic nitrogens is 2. The van der Waals surface area contributed by atoms with Crippen LogP contribution in [0.2, 0.25) is 0 Å². The number of rotatable bonds is 5. The average molecular weight is 292 g/mol. The van der Waals surface area contributed by atoms with Gasteiger partial charge >= 0.3 is 5.69 Å². The van der Waals surface area contributed by atoms with Crippen LogP contribution in [0.4, 0.5) is 11.4 Å². The Morgan fingerprint density at radius 1 is 1.10 bits per heavy atom. The number of nitro groups is 2. The van der Waals surface area contributed by atoms with Crippen molar-refractivity contribution in [1.29, 1.82) is 0 Å². The maximum Gasteiger partial charge on any atom is 0.328 e. The molecule has 0 fully saturated rings. The first kappa shape index (κ1) is 14.4. The highest BCUT2D eigenvalue weighted by molar-refractivity contribution is 5.49. The highest BCUT2D eigenvalue weighted by atomic mass is 16.6. The SMILES string of the molecule is CCn1ccn(Cc2ccc([N+](=O)[O-])cc2[N+](=O)[O-])c1=O. The van der Waals surface area contributed by atoms with Crippen LogP contribution in [0.3, 0.4) is 0 Å². The fraction of sp³-hybridized carbons (Fsp3) is 0.250. The van der Waals surface area contributed by atoms with Crippen LogP contribution in [0, 0.1) is 20.2 Å². The zero-order valence-corrected chi connectivity index (χ0v) is 11.1. The van der Waals surface area contributed by atoms with Crippen LogP contribution in [-0.2, 0) is 13.1 Å². The molecule has 1 aromatic heterocycles. The molecule has 0 saturated heterocycles. The quantitative estimate of drug-likeness (QED) is 0.612. The van der Waals surface area contributed by atoms with Crippen LogP contribution in [-0.4, -0.2) is 19.0 Å². The van der Waals surface area contributed by atoms with Gasteiger partial charge in [-0.2, -0.15) is 0 Å². The summed E-state index contributed by atoms with van der Waals surface area (Å²) in [6, 6.07) is 3.38. The summed E-state index contributed by atoms with van der Waals surface area (Å²) in [5, 5.41) is 21.7. The monoisotopic (exact) mass is 292 g/mol. The van der Waals surface area contributed by atoms with E-state index in [4.69, 9.17) is 0 Å². The summed E-state index contributed by atoms with van der Waals surface area (Å²) in [5.41, 5.74) is -0.782. The van der Waals surface area contributed by atoms with E-state index in [1.807, 2.05) is 0 Å². The number of imidazole rings is 1. The minimum atomic E-state index is -0.698. The summed E-state index contributed by atoms with van der Waals surface area (Å²) >= 11 is 0. The van der Waals surface area contributed by atoms with Crippen LogP contribution in [0.15, 0.2) is 35.4 Å². The largest absolute Gasteiger partial charge is 0.328 e. The smallest absolute Gasteiger partial charge is 0.300 e. The van der Waals surface area contributed by atoms with Gasteiger partial charge in [0.25, 0.3) is 11.4 Å². The number of benzene rings is 1. The van der Waals surface area contributed by atoms with Gasteiger partial charge in [0, 0.05) is 25.0 Å². The molecule has 21 heavy (non-hydrogen) atoms. The number of hydrogen-bond acceptors (Lipinski definition) is 5. The molecule has 1 heterocycles. The van der Waals surface area contributed by atoms with Gasteiger partial charge in [-0.1, -0.05) is 0 Å². The molecule has 0 aliphatic rings. The Morgan fingerprint density at radius 3 is 2.29 bits per heavy atom. The van der Waals surface area contributed by atoms with E-state index in [-0.39, 0.29) is 29.2 Å². The predicted molar refractivity (Wildman–Crippen MR) is 73.2 cm³/mol. The van der Waals surface area contributed by atoms with Crippen molar-refractivity contribution in [3.8, 4) is 0 Å². The second-order valence-corrected chi connectivity index (χ2v) is 4.32. The van der Waals surface area contributed by atoms with Gasteiger partial charge in [-0.3, -0.25) is 29.4 Å². The Bertz CT molecular complexity index is 761. The Balaban J connectivity index is 2.44. The Kier molecular flexibility index (Phi) is 3.83. The van der Waals surface area contributed by atoms with Crippen LogP contribution in [0.25, 0.3) is 0 Å². The zero-order chi connectivity index (χ0) is 15.6. The highest BCUT2D eigenvalue weighted by Crippen LogP contribution is 2.25. The number of hydrogen-bond donors (Lipinski definition) is 0. The topological polar surface area (TPSA) is 113 Å². The minimum absolute atomic E-state index is 0.0137. The molecule has 0 aliphatic heterocycles. The summed E-state index contributed by atoms with van der Waals surface area (Å²) in [5.74, 6) is 0. The van der Waals surface area contributed by atoms with E-state index in [0.717, 1.165) is 6.07 Å². The standard InChI is InChI=1S/C12H12N4O5/c1-2-13-5-6-14(12(13)17)8-9-3-4-10(15(18)19)7-11(9)16(20)21/h3-7H,2,8H2,1H3. The van der Waals surface area contributed by atoms with E-state index in [1.165, 1.54) is 27.5 Å². The summed E-state index contributed by atoms with van der Waals surface area (Å²) in [6.07, 6.45) is 3.11. The average Bonchev–Trinajstić information content (AvgIpc) is 2.79. The number of nitro benzene ring substituents is 2. The lowest BCUT2D eigenvalue weighted by molar-refractivity contribution is -0.394. The van der Waals surface area contributed by atoms with Crippen molar-refractivity contribution in [2.24, 2.45) is 0 Å². The van der Waals surface area contributed by atoms with Gasteiger partial charge in [0.15, 0.2) is 0 Å². The van der Waals surface area contributed by atoms with E-state index in [0.29, 0.717) is 6.54 Å². The van der Waals surface area contributed by atoms with E-state index in [2.05, 4.69) is 0 Å². The molecule has 0 unspecified atom stereocenters. The first-order valence-electron chi connectivity index (χ1n) is 6.11. The van der Waals surface area contributed by atoms with Crippen molar-refractivity contribution in [2.45, 2.75) is 20.0 Å². The van der Waals surface area contributed by atoms with Crippen molar-refractivity contribution in [1.82, 2.24) is 9.13 Å². The fourth-order valence-electron chi connectivity index (χ4n) is 1.97. The molecule has 110 valence electrons. The van der Waals surface area contributed by atoms with Gasteiger partial charge in [-0.25, -0.2) is 4.79 Å². The van der Waals surface area contributed by atoms with Gasteiger partial charge in [0.2, 0.25) is 0 Å². The molecule has 0 amide bonds. The summed E-state index contributed by atoms with van der Waals surface area (Å²) in [4.78, 5) is 32.2. The van der Waals surface area contributed by atoms with Gasteiger partial charge in [0.05, 0.1) is 28.0 Å². The molecule has 9 heteroatoms. The third-order valence-electron chi connectivity index (χ3n) is 3.08. The Morgan fingerprint density at radius 2 is 1.76 bits per heavy atom. The molecule has 0 spiro atoms. The molecule has 0 radical (unpaired) electrons. The molecule has 0 saturated carbocycles. The van der Waals surface area contributed by atoms with Crippen LogP contribution >= 0.6 is 0 Å². The minimum Gasteiger partial charge on any atom is -0.300 e. The molecule has 0 aliphatic carbocycles. The first-order chi connectivity index (χ1) is 9.93. The third kappa shape index (κ3) is 2.81. The van der Waals surface area contributed by atoms with Gasteiger partial charge < -0.3 is 0 Å². The normalized spacial score (nSPS) is 10.5. The first-order valence-corrected chi connectivity index (χ1v) is 6.11. The maximum atomic E-state index is 11.9. The Labute approximate surface area is 118 Å². The van der Waals surface area contributed by atoms with E-state index in [1.54, 1.807) is 13.1 Å². The van der Waals surface area contributed by atoms with Gasteiger partial charge in [-0.15, -0.1) is 0 Å². The van der Waals surface area contributed by atoms with E-state index in [9.17, 15) is 25.0 Å². The summed E-state index contributed by atoms with van der Waals surface area (Å²) < 4.78 is 2.77. The molecular formula is C12H12N4O5. The van der Waals surface area contributed by atoms with Crippen molar-refractivity contribution >= 4 is 11.4 Å². The van der Waals surface area contributed by atoms with Crippen molar-refractivity contribution in [3.63, 3.8) is 0 Å². The third-order valence-corrected chi connectivity index (χ3v) is 3.08. The second kappa shape index (κ2) is 5.57. The second-order valence-electron chi connectivity index (χ2n) is 4.32. The lowest BCUT2D eigenvalue weighted by atomic mass is 10.1. The fourth-order valence-corrected chi connectivity index (χ4v) is 1.97. The predicted octanol–water partition coefficient (Wildman–Crippen LogP) is 1.53. The maximum absolute atomic E-state index is 11.9. The molecule has 1 aromatic carbocycles. The number of nitrogens with zero attached hydrogens (tertiary/aromatic N) is 4. The van der Waals surface area contributed by atoms with E-state index < -0.39 is 9.85 Å². The summed E-state index contributed by atoms with van der Waals surface area (Å²) in [6.45, 7) is 2.29. The highest BCUT2D eigenvalue weighted by Gasteiger charge is 2.20. The van der Waals surface area contributed by atoms with Crippen molar-refractivity contribution in [2.75, 3.05) is 0 Å². The number of non-ortho nitro benzene ring substituents is 1. The molecule has 0 N–H and O–H groups in total. The van der Waals surface area contributed by atoms with Crippen molar-refractivity contribution < 1.29 is 9.85 Å². The van der Waals surface area contributed by atoms with Crippen LogP contribution in [0.1, 0.15) is 12.5 Å². The Hall–Kier alpha value is -2.97. The lowest BCUT2D eigenvalue weighted by Crippen LogP contribution is -2.24. The van der Waals surface area contributed by atoms with E-state index >= 15 is 0 Å². The molecule has 2 rings (SSSR count). The lowest BCUT2D eigenvalue weighted by Gasteiger charge is -2.03. The van der Waals surface area contributed by atoms with Gasteiger partial charge in [-0.05, 0) is 13.0 Å². The molecule has 0 bridgehead atoms. The van der Waals surface area contributed by atoms with Gasteiger partial charge in [0.1, 0.15) is 0 Å². The van der Waals surface area contributed by atoms with Crippen LogP contribution in [0.5, 0.6) is 0 Å². The summed E-state index contributed by atoms with van der Waals surface area (Å²) in [7, 11) is 0. The van der Waals surface area contributed by atoms with Crippen LogP contribution < -0.4 is 5.69 Å². The molecule has 2 aromatic rings. The molecule has 9 nitrogen and oxygen atoms in total.